The van der Waals surface area contributed by atoms with Gasteiger partial charge in [-0.3, -0.25) is 10.1 Å². The Balaban J connectivity index is 2.07. The zero-order valence-electron chi connectivity index (χ0n) is 11.9. The Kier molecular flexibility index (Phi) is 4.45. The summed E-state index contributed by atoms with van der Waals surface area (Å²) >= 11 is 0. The molecule has 0 bridgehead atoms. The summed E-state index contributed by atoms with van der Waals surface area (Å²) in [6.45, 7) is 6.88. The number of nitrogens with one attached hydrogen (secondary N) is 1. The van der Waals surface area contributed by atoms with Crippen LogP contribution in [0.25, 0.3) is 0 Å². The number of nitrogens with zero attached hydrogens (tertiary/aromatic N) is 4. The van der Waals surface area contributed by atoms with Crippen LogP contribution in [0.1, 0.15) is 32.3 Å². The van der Waals surface area contributed by atoms with Crippen molar-refractivity contribution in [1.29, 1.82) is 0 Å². The number of imidazole rings is 1. The average molecular weight is 273 g/mol. The fraction of sp³-hybridized carbons (Fsp3) is 0.429. The summed E-state index contributed by atoms with van der Waals surface area (Å²) in [4.78, 5) is 24.3. The van der Waals surface area contributed by atoms with Gasteiger partial charge in [0.25, 0.3) is 0 Å². The van der Waals surface area contributed by atoms with E-state index in [4.69, 9.17) is 0 Å². The first-order chi connectivity index (χ1) is 9.58. The first-order valence-electron chi connectivity index (χ1n) is 6.65. The summed E-state index contributed by atoms with van der Waals surface area (Å²) in [5, 5.41) is 2.85. The van der Waals surface area contributed by atoms with E-state index in [0.717, 1.165) is 12.1 Å². The van der Waals surface area contributed by atoms with Gasteiger partial charge in [0.15, 0.2) is 0 Å². The standard InChI is InChI=1S/C14H19N5O/c1-10(2)8-19-5-4-17-14(19)18-13(20)11(3)12-6-15-9-16-7-12/h4-7,9-11H,8H2,1-3H3,(H,17,18,20)/t11-/m1/s1. The van der Waals surface area contributed by atoms with E-state index >= 15 is 0 Å². The smallest absolute Gasteiger partial charge is 0.234 e. The number of anilines is 1. The number of hydrogen-bond donors (Lipinski definition) is 1. The van der Waals surface area contributed by atoms with E-state index in [2.05, 4.69) is 34.1 Å². The number of aromatic nitrogens is 4. The van der Waals surface area contributed by atoms with Gasteiger partial charge in [-0.05, 0) is 12.8 Å². The second-order valence-electron chi connectivity index (χ2n) is 5.18. The lowest BCUT2D eigenvalue weighted by atomic mass is 10.0. The number of hydrogen-bond acceptors (Lipinski definition) is 4. The summed E-state index contributed by atoms with van der Waals surface area (Å²) in [6, 6.07) is 0. The van der Waals surface area contributed by atoms with Crippen LogP contribution >= 0.6 is 0 Å². The maximum atomic E-state index is 12.2. The third kappa shape index (κ3) is 3.40. The maximum absolute atomic E-state index is 12.2. The highest BCUT2D eigenvalue weighted by Crippen LogP contribution is 2.16. The quantitative estimate of drug-likeness (QED) is 0.905. The van der Waals surface area contributed by atoms with Crippen LogP contribution in [0.3, 0.4) is 0 Å². The van der Waals surface area contributed by atoms with Gasteiger partial charge in [-0.1, -0.05) is 13.8 Å². The number of carbonyl (C=O) groups is 1. The van der Waals surface area contributed by atoms with Gasteiger partial charge in [-0.15, -0.1) is 0 Å². The Morgan fingerprint density at radius 3 is 2.65 bits per heavy atom. The molecular weight excluding hydrogens is 254 g/mol. The van der Waals surface area contributed by atoms with Gasteiger partial charge in [0, 0.05) is 36.9 Å². The van der Waals surface area contributed by atoms with Gasteiger partial charge in [-0.2, -0.15) is 0 Å². The monoisotopic (exact) mass is 273 g/mol. The lowest BCUT2D eigenvalue weighted by Gasteiger charge is -2.14. The predicted molar refractivity (Wildman–Crippen MR) is 76.1 cm³/mol. The summed E-state index contributed by atoms with van der Waals surface area (Å²) in [6.07, 6.45) is 8.30. The van der Waals surface area contributed by atoms with Crippen molar-refractivity contribution in [3.63, 3.8) is 0 Å². The van der Waals surface area contributed by atoms with E-state index in [9.17, 15) is 4.79 Å². The van der Waals surface area contributed by atoms with E-state index in [0.29, 0.717) is 11.9 Å². The molecule has 0 aromatic carbocycles. The minimum atomic E-state index is -0.319. The molecule has 0 spiro atoms. The highest BCUT2D eigenvalue weighted by molar-refractivity contribution is 5.94. The van der Waals surface area contributed by atoms with Crippen LogP contribution in [-0.4, -0.2) is 25.4 Å². The van der Waals surface area contributed by atoms with Crippen molar-refractivity contribution in [2.45, 2.75) is 33.2 Å². The molecule has 0 unspecified atom stereocenters. The molecule has 1 amide bonds. The van der Waals surface area contributed by atoms with Gasteiger partial charge in [0.1, 0.15) is 6.33 Å². The van der Waals surface area contributed by atoms with Crippen molar-refractivity contribution in [2.75, 3.05) is 5.32 Å². The Morgan fingerprint density at radius 2 is 2.00 bits per heavy atom. The molecule has 2 aromatic heterocycles. The van der Waals surface area contributed by atoms with Crippen LogP contribution in [0.5, 0.6) is 0 Å². The molecule has 20 heavy (non-hydrogen) atoms. The van der Waals surface area contributed by atoms with E-state index in [1.807, 2.05) is 17.7 Å². The van der Waals surface area contributed by atoms with Crippen LogP contribution in [0.4, 0.5) is 5.95 Å². The second-order valence-corrected chi connectivity index (χ2v) is 5.18. The molecule has 0 fully saturated rings. The zero-order chi connectivity index (χ0) is 14.5. The molecular formula is C14H19N5O. The summed E-state index contributed by atoms with van der Waals surface area (Å²) in [5.74, 6) is 0.628. The van der Waals surface area contributed by atoms with Crippen molar-refractivity contribution in [3.05, 3.63) is 36.7 Å². The third-order valence-electron chi connectivity index (χ3n) is 2.99. The predicted octanol–water partition coefficient (Wildman–Crippen LogP) is 2.07. The maximum Gasteiger partial charge on any atom is 0.234 e. The summed E-state index contributed by atoms with van der Waals surface area (Å²) in [7, 11) is 0. The molecule has 2 heterocycles. The Bertz CT molecular complexity index is 564. The molecule has 6 heteroatoms. The van der Waals surface area contributed by atoms with Crippen LogP contribution in [0.15, 0.2) is 31.1 Å². The molecule has 0 saturated carbocycles. The van der Waals surface area contributed by atoms with E-state index in [1.165, 1.54) is 6.33 Å². The SMILES string of the molecule is CC(C)Cn1ccnc1NC(=O)[C@H](C)c1cncnc1. The molecule has 0 saturated heterocycles. The Morgan fingerprint density at radius 1 is 1.30 bits per heavy atom. The van der Waals surface area contributed by atoms with Crippen LogP contribution in [0, 0.1) is 5.92 Å². The van der Waals surface area contributed by atoms with Crippen LogP contribution in [-0.2, 0) is 11.3 Å². The molecule has 0 radical (unpaired) electrons. The van der Waals surface area contributed by atoms with Crippen molar-refractivity contribution < 1.29 is 4.79 Å². The van der Waals surface area contributed by atoms with E-state index in [1.54, 1.807) is 18.6 Å². The van der Waals surface area contributed by atoms with Crippen molar-refractivity contribution in [3.8, 4) is 0 Å². The van der Waals surface area contributed by atoms with Gasteiger partial charge < -0.3 is 4.57 Å². The van der Waals surface area contributed by atoms with Gasteiger partial charge in [0.2, 0.25) is 11.9 Å². The van der Waals surface area contributed by atoms with Crippen molar-refractivity contribution >= 4 is 11.9 Å². The fourth-order valence-electron chi connectivity index (χ4n) is 1.88. The molecule has 1 atom stereocenters. The molecule has 1 N–H and O–H groups in total. The fourth-order valence-corrected chi connectivity index (χ4v) is 1.88. The normalized spacial score (nSPS) is 12.4. The number of amides is 1. The molecule has 0 aliphatic heterocycles. The zero-order valence-corrected chi connectivity index (χ0v) is 11.9. The molecule has 2 rings (SSSR count). The van der Waals surface area contributed by atoms with Crippen LogP contribution in [0.2, 0.25) is 0 Å². The molecule has 106 valence electrons. The van der Waals surface area contributed by atoms with Gasteiger partial charge in [0.05, 0.1) is 5.92 Å². The highest BCUT2D eigenvalue weighted by atomic mass is 16.2. The highest BCUT2D eigenvalue weighted by Gasteiger charge is 2.17. The third-order valence-corrected chi connectivity index (χ3v) is 2.99. The lowest BCUT2D eigenvalue weighted by Crippen LogP contribution is -2.22. The average Bonchev–Trinajstić information content (AvgIpc) is 2.85. The minimum absolute atomic E-state index is 0.115. The van der Waals surface area contributed by atoms with Crippen molar-refractivity contribution in [1.82, 2.24) is 19.5 Å². The molecule has 2 aromatic rings. The number of rotatable bonds is 5. The molecule has 0 aliphatic carbocycles. The van der Waals surface area contributed by atoms with Crippen LogP contribution < -0.4 is 5.32 Å². The lowest BCUT2D eigenvalue weighted by molar-refractivity contribution is -0.117. The van der Waals surface area contributed by atoms with Gasteiger partial charge >= 0.3 is 0 Å². The minimum Gasteiger partial charge on any atom is -0.317 e. The second kappa shape index (κ2) is 6.27. The largest absolute Gasteiger partial charge is 0.317 e. The van der Waals surface area contributed by atoms with E-state index in [-0.39, 0.29) is 11.8 Å². The summed E-state index contributed by atoms with van der Waals surface area (Å²) in [5.41, 5.74) is 0.784. The first kappa shape index (κ1) is 14.2. The molecule has 0 aliphatic rings. The van der Waals surface area contributed by atoms with E-state index < -0.39 is 0 Å². The number of carbonyl (C=O) groups excluding carboxylic acids is 1. The Hall–Kier alpha value is -2.24. The van der Waals surface area contributed by atoms with Gasteiger partial charge in [-0.25, -0.2) is 15.0 Å². The summed E-state index contributed by atoms with van der Waals surface area (Å²) < 4.78 is 1.94. The first-order valence-corrected chi connectivity index (χ1v) is 6.65. The molecule has 6 nitrogen and oxygen atoms in total. The topological polar surface area (TPSA) is 72.7 Å². The Labute approximate surface area is 118 Å². The van der Waals surface area contributed by atoms with Crippen molar-refractivity contribution in [2.24, 2.45) is 5.92 Å².